The summed E-state index contributed by atoms with van der Waals surface area (Å²) in [7, 11) is 0. The maximum Gasteiger partial charge on any atom is 0.248 e. The van der Waals surface area contributed by atoms with Crippen molar-refractivity contribution in [2.75, 3.05) is 0 Å². The predicted molar refractivity (Wildman–Crippen MR) is 93.5 cm³/mol. The number of rotatable bonds is 5. The first-order valence-corrected chi connectivity index (χ1v) is 7.94. The van der Waals surface area contributed by atoms with Crippen LogP contribution < -0.4 is 5.73 Å². The summed E-state index contributed by atoms with van der Waals surface area (Å²) in [6.45, 7) is 3.97. The number of aromatic amines is 1. The Kier molecular flexibility index (Phi) is 4.11. The summed E-state index contributed by atoms with van der Waals surface area (Å²) in [6, 6.07) is 11.3. The van der Waals surface area contributed by atoms with Gasteiger partial charge in [-0.15, -0.1) is 0 Å². The van der Waals surface area contributed by atoms with Crippen molar-refractivity contribution in [3.8, 4) is 0 Å². The average Bonchev–Trinajstić information content (AvgIpc) is 3.09. The lowest BCUT2D eigenvalue weighted by Gasteiger charge is -2.31. The maximum atomic E-state index is 11.3. The number of imidazole rings is 1. The molecule has 124 valence electrons. The molecule has 1 unspecified atom stereocenters. The Morgan fingerprint density at radius 1 is 1.25 bits per heavy atom. The molecule has 2 aromatic carbocycles. The minimum absolute atomic E-state index is 0.0193. The normalized spacial score (nSPS) is 14.0. The van der Waals surface area contributed by atoms with Gasteiger partial charge < -0.3 is 15.8 Å². The molecule has 1 atom stereocenters. The van der Waals surface area contributed by atoms with E-state index in [1.54, 1.807) is 24.7 Å². The van der Waals surface area contributed by atoms with Gasteiger partial charge in [0.2, 0.25) is 5.91 Å². The molecule has 0 fully saturated rings. The lowest BCUT2D eigenvalue weighted by molar-refractivity contribution is -0.0137. The van der Waals surface area contributed by atoms with Crippen molar-refractivity contribution in [2.45, 2.75) is 25.9 Å². The monoisotopic (exact) mass is 323 g/mol. The molecule has 4 N–H and O–H groups in total. The molecule has 1 aromatic heterocycles. The van der Waals surface area contributed by atoms with Gasteiger partial charge in [-0.1, -0.05) is 38.1 Å². The largest absolute Gasteiger partial charge is 0.383 e. The van der Waals surface area contributed by atoms with Gasteiger partial charge in [0, 0.05) is 12.0 Å². The highest BCUT2D eigenvalue weighted by Crippen LogP contribution is 2.32. The summed E-state index contributed by atoms with van der Waals surface area (Å²) in [6.07, 6.45) is 3.72. The molecule has 1 heterocycles. The van der Waals surface area contributed by atoms with Gasteiger partial charge in [-0.3, -0.25) is 4.79 Å². The van der Waals surface area contributed by atoms with E-state index in [9.17, 15) is 9.90 Å². The van der Waals surface area contributed by atoms with Crippen LogP contribution in [-0.2, 0) is 12.0 Å². The fourth-order valence-corrected chi connectivity index (χ4v) is 2.97. The second-order valence-corrected chi connectivity index (χ2v) is 6.48. The number of H-pyrrole nitrogens is 1. The molecule has 5 nitrogen and oxygen atoms in total. The zero-order chi connectivity index (χ0) is 17.3. The predicted octanol–water partition coefficient (Wildman–Crippen LogP) is 2.75. The van der Waals surface area contributed by atoms with Crippen molar-refractivity contribution in [3.63, 3.8) is 0 Å². The first kappa shape index (κ1) is 16.2. The van der Waals surface area contributed by atoms with E-state index in [4.69, 9.17) is 5.73 Å². The third kappa shape index (κ3) is 2.90. The maximum absolute atomic E-state index is 11.3. The minimum Gasteiger partial charge on any atom is -0.383 e. The molecule has 0 saturated heterocycles. The summed E-state index contributed by atoms with van der Waals surface area (Å²) in [4.78, 5) is 18.3. The van der Waals surface area contributed by atoms with E-state index in [1.165, 1.54) is 0 Å². The Bertz CT molecular complexity index is 871. The summed E-state index contributed by atoms with van der Waals surface area (Å²) < 4.78 is 0. The van der Waals surface area contributed by atoms with E-state index < -0.39 is 11.5 Å². The lowest BCUT2D eigenvalue weighted by Crippen LogP contribution is -2.35. The molecule has 0 bridgehead atoms. The number of amides is 1. The van der Waals surface area contributed by atoms with Gasteiger partial charge >= 0.3 is 0 Å². The van der Waals surface area contributed by atoms with Crippen LogP contribution in [0.3, 0.4) is 0 Å². The first-order chi connectivity index (χ1) is 11.4. The second-order valence-electron chi connectivity index (χ2n) is 6.48. The Balaban J connectivity index is 1.97. The van der Waals surface area contributed by atoms with Crippen LogP contribution in [0.1, 0.15) is 35.5 Å². The summed E-state index contributed by atoms with van der Waals surface area (Å²) in [5, 5.41) is 13.1. The molecule has 0 spiro atoms. The van der Waals surface area contributed by atoms with E-state index in [2.05, 4.69) is 9.97 Å². The number of primary amides is 1. The molecule has 3 rings (SSSR count). The molecule has 0 aliphatic carbocycles. The molecule has 3 aromatic rings. The lowest BCUT2D eigenvalue weighted by atomic mass is 9.81. The summed E-state index contributed by atoms with van der Waals surface area (Å²) in [5.41, 5.74) is 6.52. The van der Waals surface area contributed by atoms with Gasteiger partial charge in [0.15, 0.2) is 0 Å². The highest BCUT2D eigenvalue weighted by atomic mass is 16.3. The van der Waals surface area contributed by atoms with Crippen LogP contribution in [-0.4, -0.2) is 21.0 Å². The Morgan fingerprint density at radius 3 is 2.58 bits per heavy atom. The van der Waals surface area contributed by atoms with Crippen molar-refractivity contribution in [1.29, 1.82) is 0 Å². The fraction of sp³-hybridized carbons (Fsp3) is 0.263. The number of nitrogens with two attached hydrogens (primary N) is 1. The van der Waals surface area contributed by atoms with E-state index in [1.807, 2.05) is 38.1 Å². The van der Waals surface area contributed by atoms with Gasteiger partial charge in [-0.05, 0) is 34.4 Å². The SMILES string of the molecule is CC(C)C(O)(Cc1ccc2cc(C(N)=O)ccc2c1)c1cnc[nH]1. The molecular formula is C19H21N3O2. The third-order valence-corrected chi connectivity index (χ3v) is 4.58. The Labute approximate surface area is 140 Å². The third-order valence-electron chi connectivity index (χ3n) is 4.58. The number of carbonyl (C=O) groups is 1. The highest BCUT2D eigenvalue weighted by molar-refractivity contribution is 5.97. The first-order valence-electron chi connectivity index (χ1n) is 7.94. The quantitative estimate of drug-likeness (QED) is 0.674. The number of hydrogen-bond acceptors (Lipinski definition) is 3. The van der Waals surface area contributed by atoms with Gasteiger partial charge in [0.05, 0.1) is 18.2 Å². The zero-order valence-corrected chi connectivity index (χ0v) is 13.8. The fourth-order valence-electron chi connectivity index (χ4n) is 2.97. The molecule has 0 aliphatic rings. The summed E-state index contributed by atoms with van der Waals surface area (Å²) in [5.74, 6) is -0.416. The molecule has 1 amide bonds. The molecule has 0 radical (unpaired) electrons. The number of carbonyl (C=O) groups excluding carboxylic acids is 1. The standard InChI is InChI=1S/C19H21N3O2/c1-12(2)19(24,17-10-21-11-22-17)9-13-3-4-15-8-16(18(20)23)6-5-14(15)7-13/h3-8,10-12,24H,9H2,1-2H3,(H2,20,23)(H,21,22). The Morgan fingerprint density at radius 2 is 1.96 bits per heavy atom. The average molecular weight is 323 g/mol. The second kappa shape index (κ2) is 6.09. The number of nitrogens with one attached hydrogen (secondary N) is 1. The van der Waals surface area contributed by atoms with Crippen LogP contribution in [0.25, 0.3) is 10.8 Å². The number of aliphatic hydroxyl groups is 1. The zero-order valence-electron chi connectivity index (χ0n) is 13.8. The van der Waals surface area contributed by atoms with Crippen LogP contribution in [0, 0.1) is 5.92 Å². The molecule has 0 saturated carbocycles. The van der Waals surface area contributed by atoms with Gasteiger partial charge in [0.1, 0.15) is 5.60 Å². The molecule has 5 heteroatoms. The molecule has 24 heavy (non-hydrogen) atoms. The highest BCUT2D eigenvalue weighted by Gasteiger charge is 2.34. The van der Waals surface area contributed by atoms with Crippen molar-refractivity contribution in [3.05, 3.63) is 65.7 Å². The van der Waals surface area contributed by atoms with E-state index in [-0.39, 0.29) is 5.92 Å². The van der Waals surface area contributed by atoms with Gasteiger partial charge in [-0.25, -0.2) is 4.98 Å². The van der Waals surface area contributed by atoms with E-state index in [0.29, 0.717) is 17.7 Å². The molecule has 0 aliphatic heterocycles. The molecular weight excluding hydrogens is 302 g/mol. The van der Waals surface area contributed by atoms with Crippen molar-refractivity contribution < 1.29 is 9.90 Å². The smallest absolute Gasteiger partial charge is 0.248 e. The van der Waals surface area contributed by atoms with Crippen LogP contribution in [0.5, 0.6) is 0 Å². The minimum atomic E-state index is -1.02. The number of fused-ring (bicyclic) bond motifs is 1. The van der Waals surface area contributed by atoms with Crippen LogP contribution in [0.4, 0.5) is 0 Å². The number of nitrogens with zero attached hydrogens (tertiary/aromatic N) is 1. The topological polar surface area (TPSA) is 92.0 Å². The number of aromatic nitrogens is 2. The van der Waals surface area contributed by atoms with Crippen LogP contribution in [0.2, 0.25) is 0 Å². The van der Waals surface area contributed by atoms with Crippen molar-refractivity contribution in [1.82, 2.24) is 9.97 Å². The van der Waals surface area contributed by atoms with E-state index >= 15 is 0 Å². The van der Waals surface area contributed by atoms with Crippen LogP contribution in [0.15, 0.2) is 48.9 Å². The number of benzene rings is 2. The van der Waals surface area contributed by atoms with Gasteiger partial charge in [0.25, 0.3) is 0 Å². The van der Waals surface area contributed by atoms with Crippen LogP contribution >= 0.6 is 0 Å². The Hall–Kier alpha value is -2.66. The van der Waals surface area contributed by atoms with E-state index in [0.717, 1.165) is 16.3 Å². The van der Waals surface area contributed by atoms with Crippen molar-refractivity contribution >= 4 is 16.7 Å². The van der Waals surface area contributed by atoms with Gasteiger partial charge in [-0.2, -0.15) is 0 Å². The summed E-state index contributed by atoms with van der Waals surface area (Å²) >= 11 is 0. The number of hydrogen-bond donors (Lipinski definition) is 3. The van der Waals surface area contributed by atoms with Crippen molar-refractivity contribution in [2.24, 2.45) is 11.7 Å².